The van der Waals surface area contributed by atoms with Gasteiger partial charge in [0.2, 0.25) is 15.9 Å². The van der Waals surface area contributed by atoms with E-state index >= 15 is 0 Å². The van der Waals surface area contributed by atoms with Crippen LogP contribution in [0.4, 0.5) is 10.1 Å². The number of halogens is 1. The first-order valence-electron chi connectivity index (χ1n) is 10.7. The van der Waals surface area contributed by atoms with Gasteiger partial charge in [-0.15, -0.1) is 0 Å². The van der Waals surface area contributed by atoms with E-state index in [2.05, 4.69) is 15.6 Å². The standard InChI is InChI=1S/C22H28FN5O4S/c1-24-33(30,31)21-13-15(7-8-20(21)32-2)17-14-18(26-25-17)22(29)28-11-9-27(10-12-28)19-6-4-3-5-16(19)23/h3-8,13,17-18,24-26H,9-12,14H2,1-2H3. The fraction of sp³-hybridized carbons (Fsp3) is 0.409. The van der Waals surface area contributed by atoms with Gasteiger partial charge in [0.1, 0.15) is 22.5 Å². The molecule has 2 aliphatic rings. The minimum absolute atomic E-state index is 0.0326. The number of nitrogens with one attached hydrogen (secondary N) is 3. The van der Waals surface area contributed by atoms with E-state index in [1.165, 1.54) is 20.2 Å². The first-order valence-corrected chi connectivity index (χ1v) is 12.2. The highest BCUT2D eigenvalue weighted by Crippen LogP contribution is 2.30. The molecule has 0 spiro atoms. The Labute approximate surface area is 192 Å². The molecule has 0 aromatic heterocycles. The van der Waals surface area contributed by atoms with Crippen molar-refractivity contribution in [3.05, 3.63) is 53.8 Å². The Kier molecular flexibility index (Phi) is 6.84. The van der Waals surface area contributed by atoms with Crippen molar-refractivity contribution in [2.45, 2.75) is 23.4 Å². The third kappa shape index (κ3) is 4.81. The zero-order valence-corrected chi connectivity index (χ0v) is 19.4. The van der Waals surface area contributed by atoms with Crippen molar-refractivity contribution >= 4 is 21.6 Å². The molecule has 2 saturated heterocycles. The molecule has 0 saturated carbocycles. The van der Waals surface area contributed by atoms with Gasteiger partial charge in [-0.1, -0.05) is 18.2 Å². The maximum absolute atomic E-state index is 14.1. The summed E-state index contributed by atoms with van der Waals surface area (Å²) in [6.07, 6.45) is 0.470. The normalized spacial score (nSPS) is 21.3. The van der Waals surface area contributed by atoms with Crippen molar-refractivity contribution < 1.29 is 22.3 Å². The van der Waals surface area contributed by atoms with Gasteiger partial charge < -0.3 is 14.5 Å². The van der Waals surface area contributed by atoms with E-state index in [1.807, 2.05) is 4.90 Å². The number of nitrogens with zero attached hydrogens (tertiary/aromatic N) is 2. The number of hydrogen-bond donors (Lipinski definition) is 3. The fourth-order valence-corrected chi connectivity index (χ4v) is 5.19. The zero-order chi connectivity index (χ0) is 23.6. The summed E-state index contributed by atoms with van der Waals surface area (Å²) in [6.45, 7) is 2.12. The molecule has 2 aromatic rings. The first kappa shape index (κ1) is 23.4. The smallest absolute Gasteiger partial charge is 0.244 e. The molecule has 9 nitrogen and oxygen atoms in total. The Morgan fingerprint density at radius 2 is 1.85 bits per heavy atom. The Balaban J connectivity index is 1.40. The van der Waals surface area contributed by atoms with Gasteiger partial charge in [0, 0.05) is 32.2 Å². The molecule has 2 heterocycles. The second-order valence-electron chi connectivity index (χ2n) is 8.01. The SMILES string of the molecule is CNS(=O)(=O)c1cc(C2CC(C(=O)N3CCN(c4ccccc4F)CC3)NN2)ccc1OC. The molecule has 178 valence electrons. The summed E-state index contributed by atoms with van der Waals surface area (Å²) < 4.78 is 46.3. The highest BCUT2D eigenvalue weighted by Gasteiger charge is 2.35. The molecular formula is C22H28FN5O4S. The molecule has 33 heavy (non-hydrogen) atoms. The van der Waals surface area contributed by atoms with E-state index < -0.39 is 16.1 Å². The van der Waals surface area contributed by atoms with Crippen LogP contribution in [0, 0.1) is 5.82 Å². The minimum atomic E-state index is -3.70. The molecule has 2 unspecified atom stereocenters. The predicted octanol–water partition coefficient (Wildman–Crippen LogP) is 0.999. The van der Waals surface area contributed by atoms with Gasteiger partial charge in [-0.25, -0.2) is 28.4 Å². The van der Waals surface area contributed by atoms with Crippen LogP contribution in [0.1, 0.15) is 18.0 Å². The maximum atomic E-state index is 14.1. The number of carbonyl (C=O) groups excluding carboxylic acids is 1. The number of ether oxygens (including phenoxy) is 1. The highest BCUT2D eigenvalue weighted by molar-refractivity contribution is 7.89. The lowest BCUT2D eigenvalue weighted by Gasteiger charge is -2.37. The molecule has 3 N–H and O–H groups in total. The van der Waals surface area contributed by atoms with Crippen LogP contribution in [0.3, 0.4) is 0 Å². The molecule has 0 radical (unpaired) electrons. The van der Waals surface area contributed by atoms with Crippen LogP contribution in [-0.2, 0) is 14.8 Å². The van der Waals surface area contributed by atoms with Crippen molar-refractivity contribution in [2.24, 2.45) is 0 Å². The zero-order valence-electron chi connectivity index (χ0n) is 18.5. The molecule has 2 fully saturated rings. The largest absolute Gasteiger partial charge is 0.495 e. The molecule has 11 heteroatoms. The van der Waals surface area contributed by atoms with Crippen LogP contribution in [0.5, 0.6) is 5.75 Å². The molecular weight excluding hydrogens is 449 g/mol. The topological polar surface area (TPSA) is 103 Å². The van der Waals surface area contributed by atoms with Crippen LogP contribution < -0.4 is 25.2 Å². The van der Waals surface area contributed by atoms with Crippen molar-refractivity contribution in [1.82, 2.24) is 20.5 Å². The highest BCUT2D eigenvalue weighted by atomic mass is 32.2. The number of para-hydroxylation sites is 1. The summed E-state index contributed by atoms with van der Waals surface area (Å²) in [7, 11) is -0.940. The molecule has 0 bridgehead atoms. The number of carbonyl (C=O) groups is 1. The monoisotopic (exact) mass is 477 g/mol. The lowest BCUT2D eigenvalue weighted by atomic mass is 10.0. The summed E-state index contributed by atoms with van der Waals surface area (Å²) in [4.78, 5) is 16.8. The Bertz CT molecular complexity index is 1120. The second kappa shape index (κ2) is 9.64. The van der Waals surface area contributed by atoms with Crippen LogP contribution in [-0.4, -0.2) is 65.6 Å². The minimum Gasteiger partial charge on any atom is -0.495 e. The van der Waals surface area contributed by atoms with Crippen molar-refractivity contribution in [3.63, 3.8) is 0 Å². The Hall–Kier alpha value is -2.73. The Morgan fingerprint density at radius 3 is 2.52 bits per heavy atom. The van der Waals surface area contributed by atoms with Crippen LogP contribution in [0.2, 0.25) is 0 Å². The van der Waals surface area contributed by atoms with E-state index in [0.717, 1.165) is 5.56 Å². The third-order valence-corrected chi connectivity index (χ3v) is 7.57. The number of sulfonamides is 1. The van der Waals surface area contributed by atoms with E-state index in [-0.39, 0.29) is 28.4 Å². The molecule has 0 aliphatic carbocycles. The first-order chi connectivity index (χ1) is 15.8. The number of amides is 1. The number of rotatable bonds is 6. The summed E-state index contributed by atoms with van der Waals surface area (Å²) in [5.41, 5.74) is 7.44. The van der Waals surface area contributed by atoms with Crippen LogP contribution in [0.15, 0.2) is 47.4 Å². The molecule has 1 amide bonds. The van der Waals surface area contributed by atoms with Gasteiger partial charge in [0.25, 0.3) is 0 Å². The lowest BCUT2D eigenvalue weighted by Crippen LogP contribution is -2.53. The molecule has 4 rings (SSSR count). The second-order valence-corrected chi connectivity index (χ2v) is 9.87. The van der Waals surface area contributed by atoms with E-state index in [4.69, 9.17) is 4.74 Å². The number of methoxy groups -OCH3 is 1. The molecule has 2 atom stereocenters. The molecule has 2 aromatic carbocycles. The van der Waals surface area contributed by atoms with Gasteiger partial charge in [-0.3, -0.25) is 4.79 Å². The number of hydrogen-bond acceptors (Lipinski definition) is 7. The van der Waals surface area contributed by atoms with Gasteiger partial charge in [-0.05, 0) is 43.3 Å². The number of piperazine rings is 1. The fourth-order valence-electron chi connectivity index (χ4n) is 4.26. The predicted molar refractivity (Wildman–Crippen MR) is 122 cm³/mol. The van der Waals surface area contributed by atoms with Crippen molar-refractivity contribution in [2.75, 3.05) is 45.2 Å². The third-order valence-electron chi connectivity index (χ3n) is 6.13. The lowest BCUT2D eigenvalue weighted by molar-refractivity contribution is -0.133. The van der Waals surface area contributed by atoms with Crippen LogP contribution in [0.25, 0.3) is 0 Å². The number of anilines is 1. The van der Waals surface area contributed by atoms with Gasteiger partial charge in [-0.2, -0.15) is 0 Å². The summed E-state index contributed by atoms with van der Waals surface area (Å²) in [6, 6.07) is 10.9. The Morgan fingerprint density at radius 1 is 1.12 bits per heavy atom. The average Bonchev–Trinajstić information content (AvgIpc) is 3.34. The van der Waals surface area contributed by atoms with Gasteiger partial charge >= 0.3 is 0 Å². The quantitative estimate of drug-likeness (QED) is 0.570. The number of hydrazine groups is 1. The van der Waals surface area contributed by atoms with E-state index in [1.54, 1.807) is 41.3 Å². The van der Waals surface area contributed by atoms with Crippen LogP contribution >= 0.6 is 0 Å². The maximum Gasteiger partial charge on any atom is 0.244 e. The van der Waals surface area contributed by atoms with Crippen molar-refractivity contribution in [1.29, 1.82) is 0 Å². The van der Waals surface area contributed by atoms with Gasteiger partial charge in [0.15, 0.2) is 0 Å². The van der Waals surface area contributed by atoms with Crippen molar-refractivity contribution in [3.8, 4) is 5.75 Å². The van der Waals surface area contributed by atoms with E-state index in [9.17, 15) is 17.6 Å². The number of benzene rings is 2. The molecule has 2 aliphatic heterocycles. The summed E-state index contributed by atoms with van der Waals surface area (Å²) in [5.74, 6) is -0.0462. The average molecular weight is 478 g/mol. The van der Waals surface area contributed by atoms with E-state index in [0.29, 0.717) is 38.3 Å². The summed E-state index contributed by atoms with van der Waals surface area (Å²) in [5, 5.41) is 0. The van der Waals surface area contributed by atoms with Gasteiger partial charge in [0.05, 0.1) is 12.8 Å². The summed E-state index contributed by atoms with van der Waals surface area (Å²) >= 11 is 0.